The zero-order valence-corrected chi connectivity index (χ0v) is 15.6. The van der Waals surface area contributed by atoms with Crippen molar-refractivity contribution in [2.24, 2.45) is 5.92 Å². The third-order valence-electron chi connectivity index (χ3n) is 3.33. The van der Waals surface area contributed by atoms with E-state index in [0.717, 1.165) is 6.42 Å². The van der Waals surface area contributed by atoms with Crippen LogP contribution in [0.5, 0.6) is 0 Å². The van der Waals surface area contributed by atoms with Gasteiger partial charge in [-0.2, -0.15) is 0 Å². The van der Waals surface area contributed by atoms with E-state index >= 15 is 0 Å². The topological polar surface area (TPSA) is 108 Å². The van der Waals surface area contributed by atoms with Crippen LogP contribution in [0.1, 0.15) is 60.8 Å². The van der Waals surface area contributed by atoms with Crippen LogP contribution in [-0.4, -0.2) is 41.2 Å². The predicted octanol–water partition coefficient (Wildman–Crippen LogP) is 2.09. The van der Waals surface area contributed by atoms with Crippen LogP contribution in [0.2, 0.25) is 0 Å². The number of unbranched alkanes of at least 4 members (excludes halogenated alkanes) is 1. The maximum atomic E-state index is 12.7. The van der Waals surface area contributed by atoms with Gasteiger partial charge in [-0.1, -0.05) is 19.8 Å². The molecule has 1 heterocycles. The number of hydrogen-bond donors (Lipinski definition) is 1. The largest absolute Gasteiger partial charge is 0.444 e. The summed E-state index contributed by atoms with van der Waals surface area (Å²) in [7, 11) is 0. The van der Waals surface area contributed by atoms with E-state index in [4.69, 9.17) is 14.2 Å². The Kier molecular flexibility index (Phi) is 6.56. The highest BCUT2D eigenvalue weighted by Gasteiger charge is 2.49. The van der Waals surface area contributed by atoms with Crippen molar-refractivity contribution in [2.75, 3.05) is 0 Å². The maximum absolute atomic E-state index is 12.7. The van der Waals surface area contributed by atoms with Gasteiger partial charge < -0.3 is 19.5 Å². The molecule has 0 aromatic heterocycles. The highest BCUT2D eigenvalue weighted by atomic mass is 16.7. The van der Waals surface area contributed by atoms with Crippen molar-refractivity contribution in [3.05, 3.63) is 0 Å². The van der Waals surface area contributed by atoms with Crippen LogP contribution in [0.25, 0.3) is 0 Å². The zero-order valence-electron chi connectivity index (χ0n) is 15.6. The van der Waals surface area contributed by atoms with Gasteiger partial charge in [-0.05, 0) is 27.2 Å². The molecule has 8 nitrogen and oxygen atoms in total. The molecule has 0 aliphatic carbocycles. The summed E-state index contributed by atoms with van der Waals surface area (Å²) >= 11 is 0. The second kappa shape index (κ2) is 7.84. The zero-order chi connectivity index (χ0) is 19.4. The minimum absolute atomic E-state index is 0.273. The summed E-state index contributed by atoms with van der Waals surface area (Å²) in [6, 6.07) is -1.04. The van der Waals surface area contributed by atoms with E-state index in [2.05, 4.69) is 5.32 Å². The highest BCUT2D eigenvalue weighted by molar-refractivity contribution is 6.17. The van der Waals surface area contributed by atoms with Crippen LogP contribution in [0, 0.1) is 5.92 Å². The molecule has 1 unspecified atom stereocenters. The quantitative estimate of drug-likeness (QED) is 0.573. The number of rotatable bonds is 6. The number of ether oxygens (including phenoxy) is 3. The normalized spacial score (nSPS) is 18.8. The Morgan fingerprint density at radius 2 is 1.72 bits per heavy atom. The van der Waals surface area contributed by atoms with Gasteiger partial charge in [-0.15, -0.1) is 0 Å². The van der Waals surface area contributed by atoms with Gasteiger partial charge in [-0.25, -0.2) is 4.79 Å². The number of carbonyl (C=O) groups is 4. The molecule has 0 aromatic rings. The number of amides is 1. The molecule has 1 rings (SSSR count). The fourth-order valence-corrected chi connectivity index (χ4v) is 2.30. The van der Waals surface area contributed by atoms with Crippen LogP contribution in [0.4, 0.5) is 4.79 Å². The summed E-state index contributed by atoms with van der Waals surface area (Å²) in [4.78, 5) is 48.8. The van der Waals surface area contributed by atoms with E-state index in [0.29, 0.717) is 6.42 Å². The standard InChI is InChI=1S/C17H27NO7/c1-7-8-9-10(18-15(22)25-16(2,3)4)12(19)11-13(20)23-17(5,6)24-14(11)21/h10-11H,7-9H2,1-6H3,(H,18,22). The molecule has 25 heavy (non-hydrogen) atoms. The predicted molar refractivity (Wildman–Crippen MR) is 87.4 cm³/mol. The summed E-state index contributed by atoms with van der Waals surface area (Å²) in [5.74, 6) is -5.82. The summed E-state index contributed by atoms with van der Waals surface area (Å²) in [5, 5.41) is 2.44. The lowest BCUT2D eigenvalue weighted by Gasteiger charge is -2.33. The molecule has 142 valence electrons. The number of cyclic esters (lactones) is 2. The van der Waals surface area contributed by atoms with Gasteiger partial charge in [0.05, 0.1) is 6.04 Å². The minimum atomic E-state index is -1.70. The number of esters is 2. The molecule has 0 spiro atoms. The van der Waals surface area contributed by atoms with Gasteiger partial charge in [0.2, 0.25) is 5.92 Å². The average molecular weight is 357 g/mol. The molecule has 1 N–H and O–H groups in total. The van der Waals surface area contributed by atoms with Crippen molar-refractivity contribution < 1.29 is 33.4 Å². The molecule has 1 aliphatic heterocycles. The van der Waals surface area contributed by atoms with Gasteiger partial charge in [-0.3, -0.25) is 14.4 Å². The number of Topliss-reactive ketones (excluding diaryl/α,β-unsaturated/α-hetero) is 1. The van der Waals surface area contributed by atoms with Crippen LogP contribution in [0.3, 0.4) is 0 Å². The monoisotopic (exact) mass is 357 g/mol. The van der Waals surface area contributed by atoms with E-state index in [1.807, 2.05) is 6.92 Å². The van der Waals surface area contributed by atoms with E-state index < -0.39 is 47.2 Å². The van der Waals surface area contributed by atoms with Crippen molar-refractivity contribution in [1.82, 2.24) is 5.32 Å². The first-order valence-electron chi connectivity index (χ1n) is 8.35. The van der Waals surface area contributed by atoms with Crippen LogP contribution >= 0.6 is 0 Å². The lowest BCUT2D eigenvalue weighted by atomic mass is 9.93. The van der Waals surface area contributed by atoms with E-state index in [9.17, 15) is 19.2 Å². The summed E-state index contributed by atoms with van der Waals surface area (Å²) in [5.41, 5.74) is -0.741. The van der Waals surface area contributed by atoms with Crippen LogP contribution < -0.4 is 5.32 Å². The number of nitrogens with one attached hydrogen (secondary N) is 1. The van der Waals surface area contributed by atoms with Crippen molar-refractivity contribution >= 4 is 23.8 Å². The van der Waals surface area contributed by atoms with Gasteiger partial charge in [0.15, 0.2) is 5.78 Å². The molecule has 0 saturated carbocycles. The Balaban J connectivity index is 2.91. The summed E-state index contributed by atoms with van der Waals surface area (Å²) < 4.78 is 15.1. The smallest absolute Gasteiger partial charge is 0.408 e. The van der Waals surface area contributed by atoms with E-state index in [1.54, 1.807) is 20.8 Å². The second-order valence-corrected chi connectivity index (χ2v) is 7.42. The van der Waals surface area contributed by atoms with Gasteiger partial charge >= 0.3 is 18.0 Å². The number of hydrogen-bond acceptors (Lipinski definition) is 7. The lowest BCUT2D eigenvalue weighted by molar-refractivity contribution is -0.238. The van der Waals surface area contributed by atoms with Crippen molar-refractivity contribution in [1.29, 1.82) is 0 Å². The minimum Gasteiger partial charge on any atom is -0.444 e. The maximum Gasteiger partial charge on any atom is 0.408 e. The molecule has 1 saturated heterocycles. The SMILES string of the molecule is CCCCC(NC(=O)OC(C)(C)C)C(=O)C1C(=O)OC(C)(C)OC1=O. The Bertz CT molecular complexity index is 528. The van der Waals surface area contributed by atoms with Crippen molar-refractivity contribution in [3.8, 4) is 0 Å². The van der Waals surface area contributed by atoms with E-state index in [1.165, 1.54) is 13.8 Å². The fraction of sp³-hybridized carbons (Fsp3) is 0.765. The average Bonchev–Trinajstić information content (AvgIpc) is 2.38. The summed E-state index contributed by atoms with van der Waals surface area (Å²) in [6.45, 7) is 9.78. The first-order chi connectivity index (χ1) is 11.4. The van der Waals surface area contributed by atoms with E-state index in [-0.39, 0.29) is 6.42 Å². The molecule has 0 aromatic carbocycles. The number of carbonyl (C=O) groups excluding carboxylic acids is 4. The molecule has 8 heteroatoms. The Morgan fingerprint density at radius 1 is 1.20 bits per heavy atom. The molecule has 0 radical (unpaired) electrons. The first kappa shape index (κ1) is 20.9. The molecular weight excluding hydrogens is 330 g/mol. The van der Waals surface area contributed by atoms with Gasteiger partial charge in [0, 0.05) is 13.8 Å². The second-order valence-electron chi connectivity index (χ2n) is 7.42. The molecule has 1 atom stereocenters. The van der Waals surface area contributed by atoms with Crippen molar-refractivity contribution in [2.45, 2.75) is 78.2 Å². The Hall–Kier alpha value is -2.12. The van der Waals surface area contributed by atoms with Gasteiger partial charge in [0.1, 0.15) is 5.60 Å². The first-order valence-corrected chi connectivity index (χ1v) is 8.35. The molecular formula is C17H27NO7. The number of alkyl carbamates (subject to hydrolysis) is 1. The molecule has 1 aliphatic rings. The Labute approximate surface area is 147 Å². The highest BCUT2D eigenvalue weighted by Crippen LogP contribution is 2.25. The molecule has 1 amide bonds. The molecule has 0 bridgehead atoms. The number of ketones is 1. The third kappa shape index (κ3) is 6.36. The third-order valence-corrected chi connectivity index (χ3v) is 3.33. The Morgan fingerprint density at radius 3 is 2.16 bits per heavy atom. The molecule has 1 fully saturated rings. The van der Waals surface area contributed by atoms with Crippen LogP contribution in [0.15, 0.2) is 0 Å². The lowest BCUT2D eigenvalue weighted by Crippen LogP contribution is -2.54. The van der Waals surface area contributed by atoms with Gasteiger partial charge in [0.25, 0.3) is 5.79 Å². The fourth-order valence-electron chi connectivity index (χ4n) is 2.30. The summed E-state index contributed by atoms with van der Waals surface area (Å²) in [6.07, 6.45) is 0.871. The van der Waals surface area contributed by atoms with Crippen LogP contribution in [-0.2, 0) is 28.6 Å². The van der Waals surface area contributed by atoms with Crippen molar-refractivity contribution in [3.63, 3.8) is 0 Å².